The lowest BCUT2D eigenvalue weighted by molar-refractivity contribution is 0.0946. The predicted octanol–water partition coefficient (Wildman–Crippen LogP) is 3.23. The molecule has 35 heavy (non-hydrogen) atoms. The van der Waals surface area contributed by atoms with E-state index in [4.69, 9.17) is 21.8 Å². The summed E-state index contributed by atoms with van der Waals surface area (Å²) in [6.45, 7) is 0.686. The van der Waals surface area contributed by atoms with E-state index in [1.807, 2.05) is 6.07 Å². The van der Waals surface area contributed by atoms with Gasteiger partial charge in [-0.1, -0.05) is 17.7 Å². The molecule has 1 saturated heterocycles. The Balaban J connectivity index is 1.31. The number of rotatable bonds is 8. The van der Waals surface area contributed by atoms with Crippen LogP contribution in [0.1, 0.15) is 39.3 Å². The number of anilines is 1. The lowest BCUT2D eigenvalue weighted by Crippen LogP contribution is -2.42. The zero-order chi connectivity index (χ0) is 25.0. The maximum atomic E-state index is 13.0. The molecule has 2 heterocycles. The molecule has 0 unspecified atom stereocenters. The molecule has 4 N–H and O–H groups in total. The molecule has 0 radical (unpaired) electrons. The van der Waals surface area contributed by atoms with E-state index >= 15 is 0 Å². The van der Waals surface area contributed by atoms with Crippen LogP contribution >= 0.6 is 11.6 Å². The molecular formula is C24H25ClN4O5S. The molecule has 1 aliphatic heterocycles. The summed E-state index contributed by atoms with van der Waals surface area (Å²) < 4.78 is 33.0. The van der Waals surface area contributed by atoms with E-state index in [0.717, 1.165) is 5.69 Å². The van der Waals surface area contributed by atoms with Crippen molar-refractivity contribution in [2.45, 2.75) is 30.5 Å². The van der Waals surface area contributed by atoms with E-state index in [9.17, 15) is 18.0 Å². The molecule has 0 saturated carbocycles. The Morgan fingerprint density at radius 2 is 1.74 bits per heavy atom. The van der Waals surface area contributed by atoms with Crippen LogP contribution in [0.2, 0.25) is 5.02 Å². The molecule has 4 rings (SSSR count). The number of carbonyl (C=O) groups excluding carboxylic acids is 2. The quantitative estimate of drug-likeness (QED) is 0.420. The number of piperidine rings is 1. The molecule has 0 atom stereocenters. The summed E-state index contributed by atoms with van der Waals surface area (Å²) in [5, 5.41) is 6.40. The van der Waals surface area contributed by atoms with Crippen LogP contribution in [0.4, 0.5) is 5.69 Å². The maximum absolute atomic E-state index is 13.0. The first kappa shape index (κ1) is 24.8. The first-order valence-electron chi connectivity index (χ1n) is 11.0. The minimum absolute atomic E-state index is 0.0489. The smallest absolute Gasteiger partial charge is 0.276 e. The van der Waals surface area contributed by atoms with Gasteiger partial charge in [0.1, 0.15) is 5.76 Å². The molecule has 0 bridgehead atoms. The average Bonchev–Trinajstić information content (AvgIpc) is 3.34. The summed E-state index contributed by atoms with van der Waals surface area (Å²) in [4.78, 5) is 23.6. The third-order valence-electron chi connectivity index (χ3n) is 5.73. The van der Waals surface area contributed by atoms with Gasteiger partial charge >= 0.3 is 0 Å². The van der Waals surface area contributed by atoms with Gasteiger partial charge in [0.25, 0.3) is 15.9 Å². The second-order valence-corrected chi connectivity index (χ2v) is 10.5. The normalized spacial score (nSPS) is 15.0. The predicted molar refractivity (Wildman–Crippen MR) is 132 cm³/mol. The number of benzene rings is 2. The fourth-order valence-corrected chi connectivity index (χ4v) is 5.35. The number of primary amides is 1. The summed E-state index contributed by atoms with van der Waals surface area (Å²) in [6.07, 6.45) is 1.18. The van der Waals surface area contributed by atoms with E-state index in [1.54, 1.807) is 42.5 Å². The Hall–Kier alpha value is -3.34. The summed E-state index contributed by atoms with van der Waals surface area (Å²) in [5.74, 6) is -0.493. The number of sulfonamides is 1. The van der Waals surface area contributed by atoms with Crippen molar-refractivity contribution < 1.29 is 22.4 Å². The van der Waals surface area contributed by atoms with Gasteiger partial charge in [-0.2, -0.15) is 4.31 Å². The van der Waals surface area contributed by atoms with E-state index in [0.29, 0.717) is 47.8 Å². The van der Waals surface area contributed by atoms with E-state index in [-0.39, 0.29) is 23.6 Å². The molecule has 2 amide bonds. The molecule has 0 spiro atoms. The number of nitrogens with zero attached hydrogens (tertiary/aromatic N) is 1. The van der Waals surface area contributed by atoms with Gasteiger partial charge in [0.2, 0.25) is 11.0 Å². The topological polar surface area (TPSA) is 135 Å². The van der Waals surface area contributed by atoms with Gasteiger partial charge < -0.3 is 20.8 Å². The summed E-state index contributed by atoms with van der Waals surface area (Å²) in [6, 6.07) is 16.3. The number of nitrogens with two attached hydrogens (primary N) is 1. The van der Waals surface area contributed by atoms with Crippen molar-refractivity contribution in [1.82, 2.24) is 9.62 Å². The van der Waals surface area contributed by atoms with Crippen LogP contribution in [-0.2, 0) is 16.6 Å². The number of carbonyl (C=O) groups is 2. The monoisotopic (exact) mass is 516 g/mol. The zero-order valence-electron chi connectivity index (χ0n) is 18.7. The molecule has 1 aromatic heterocycles. The third-order valence-corrected chi connectivity index (χ3v) is 7.76. The highest BCUT2D eigenvalue weighted by atomic mass is 35.5. The van der Waals surface area contributed by atoms with Crippen LogP contribution in [0, 0.1) is 0 Å². The van der Waals surface area contributed by atoms with Gasteiger partial charge in [-0.05, 0) is 67.4 Å². The molecule has 2 aromatic carbocycles. The number of halogens is 1. The van der Waals surface area contributed by atoms with Crippen molar-refractivity contribution in [1.29, 1.82) is 0 Å². The second-order valence-electron chi connectivity index (χ2n) is 8.18. The van der Waals surface area contributed by atoms with Crippen molar-refractivity contribution in [3.63, 3.8) is 0 Å². The zero-order valence-corrected chi connectivity index (χ0v) is 20.3. The van der Waals surface area contributed by atoms with Crippen LogP contribution in [0.25, 0.3) is 0 Å². The summed E-state index contributed by atoms with van der Waals surface area (Å²) in [7, 11) is -3.80. The van der Waals surface area contributed by atoms with Gasteiger partial charge in [-0.3, -0.25) is 9.59 Å². The highest BCUT2D eigenvalue weighted by Gasteiger charge is 2.31. The van der Waals surface area contributed by atoms with Crippen molar-refractivity contribution in [3.8, 4) is 0 Å². The van der Waals surface area contributed by atoms with Gasteiger partial charge in [0, 0.05) is 41.0 Å². The number of amides is 2. The Morgan fingerprint density at radius 3 is 2.43 bits per heavy atom. The van der Waals surface area contributed by atoms with Crippen LogP contribution in [-0.4, -0.2) is 43.7 Å². The molecular weight excluding hydrogens is 492 g/mol. The van der Waals surface area contributed by atoms with E-state index in [2.05, 4.69) is 10.6 Å². The van der Waals surface area contributed by atoms with Crippen LogP contribution in [0.3, 0.4) is 0 Å². The van der Waals surface area contributed by atoms with Crippen LogP contribution in [0.5, 0.6) is 0 Å². The molecule has 1 aliphatic rings. The second kappa shape index (κ2) is 10.5. The number of nitrogens with one attached hydrogen (secondary N) is 2. The Bertz CT molecular complexity index is 1320. The fourth-order valence-electron chi connectivity index (χ4n) is 3.83. The Kier molecular flexibility index (Phi) is 7.44. The first-order chi connectivity index (χ1) is 16.7. The van der Waals surface area contributed by atoms with Gasteiger partial charge in [-0.15, -0.1) is 0 Å². The maximum Gasteiger partial charge on any atom is 0.276 e. The lowest BCUT2D eigenvalue weighted by atomic mass is 10.1. The number of hydrogen-bond acceptors (Lipinski definition) is 6. The Labute approximate surface area is 208 Å². The van der Waals surface area contributed by atoms with Crippen LogP contribution in [0.15, 0.2) is 70.2 Å². The molecule has 1 fully saturated rings. The third kappa shape index (κ3) is 6.02. The fraction of sp³-hybridized carbons (Fsp3) is 0.250. The van der Waals surface area contributed by atoms with Gasteiger partial charge in [0.15, 0.2) is 0 Å². The van der Waals surface area contributed by atoms with Gasteiger partial charge in [-0.25, -0.2) is 8.42 Å². The standard InChI is InChI=1S/C24H25ClN4O5S/c25-18-6-4-16(5-7-18)24(31)27-15-21-8-9-22(34-21)35(32,33)29-12-10-19(11-13-29)28-20-3-1-2-17(14-20)23(26)30/h1-9,14,19,28H,10-13,15H2,(H2,26,30)(H,27,31). The average molecular weight is 517 g/mol. The number of hydrogen-bond donors (Lipinski definition) is 3. The lowest BCUT2D eigenvalue weighted by Gasteiger charge is -2.31. The van der Waals surface area contributed by atoms with Crippen LogP contribution < -0.4 is 16.4 Å². The highest BCUT2D eigenvalue weighted by Crippen LogP contribution is 2.24. The highest BCUT2D eigenvalue weighted by molar-refractivity contribution is 7.89. The molecule has 3 aromatic rings. The summed E-state index contributed by atoms with van der Waals surface area (Å²) >= 11 is 5.83. The van der Waals surface area contributed by atoms with Crippen molar-refractivity contribution in [2.75, 3.05) is 18.4 Å². The van der Waals surface area contributed by atoms with Crippen molar-refractivity contribution in [3.05, 3.63) is 82.6 Å². The van der Waals surface area contributed by atoms with E-state index in [1.165, 1.54) is 16.4 Å². The largest absolute Gasteiger partial charge is 0.446 e. The minimum atomic E-state index is -3.80. The Morgan fingerprint density at radius 1 is 1.03 bits per heavy atom. The molecule has 11 heteroatoms. The SMILES string of the molecule is NC(=O)c1cccc(NC2CCN(S(=O)(=O)c3ccc(CNC(=O)c4ccc(Cl)cc4)o3)CC2)c1. The van der Waals surface area contributed by atoms with Gasteiger partial charge in [0.05, 0.1) is 6.54 Å². The van der Waals surface area contributed by atoms with Crippen molar-refractivity contribution >= 4 is 39.1 Å². The number of furan rings is 1. The first-order valence-corrected chi connectivity index (χ1v) is 12.8. The molecule has 0 aliphatic carbocycles. The minimum Gasteiger partial charge on any atom is -0.446 e. The molecule has 9 nitrogen and oxygen atoms in total. The van der Waals surface area contributed by atoms with E-state index < -0.39 is 15.9 Å². The van der Waals surface area contributed by atoms with Crippen molar-refractivity contribution in [2.24, 2.45) is 5.73 Å². The molecule has 184 valence electrons. The summed E-state index contributed by atoms with van der Waals surface area (Å²) in [5.41, 5.74) is 6.94.